The maximum absolute atomic E-state index is 5.83. The van der Waals surface area contributed by atoms with Crippen molar-refractivity contribution in [3.05, 3.63) is 29.5 Å². The van der Waals surface area contributed by atoms with Gasteiger partial charge in [-0.3, -0.25) is 0 Å². The molecule has 0 saturated carbocycles. The Hall–Kier alpha value is -2.43. The highest BCUT2D eigenvalue weighted by Gasteiger charge is 2.25. The molecule has 0 saturated heterocycles. The number of hydrogen-bond acceptors (Lipinski definition) is 5. The predicted molar refractivity (Wildman–Crippen MR) is 70.1 cm³/mol. The van der Waals surface area contributed by atoms with E-state index < -0.39 is 0 Å². The first-order valence-corrected chi connectivity index (χ1v) is 6.14. The lowest BCUT2D eigenvalue weighted by Gasteiger charge is -2.05. The van der Waals surface area contributed by atoms with E-state index in [-0.39, 0.29) is 0 Å². The van der Waals surface area contributed by atoms with E-state index in [0.29, 0.717) is 18.0 Å². The topological polar surface area (TPSA) is 74.4 Å². The number of furan rings is 1. The molecule has 0 radical (unpaired) electrons. The zero-order valence-electron chi connectivity index (χ0n) is 10.4. The van der Waals surface area contributed by atoms with Crippen LogP contribution in [0.15, 0.2) is 27.1 Å². The molecule has 4 rings (SSSR count). The number of anilines is 1. The van der Waals surface area contributed by atoms with E-state index in [1.807, 2.05) is 25.1 Å². The Morgan fingerprint density at radius 2 is 2.21 bits per heavy atom. The molecular formula is C14H12N2O3. The summed E-state index contributed by atoms with van der Waals surface area (Å²) in [6, 6.07) is 5.82. The Bertz CT molecular complexity index is 785. The van der Waals surface area contributed by atoms with Crippen molar-refractivity contribution in [1.82, 2.24) is 5.16 Å². The van der Waals surface area contributed by atoms with E-state index in [1.165, 1.54) is 0 Å². The Morgan fingerprint density at radius 1 is 1.32 bits per heavy atom. The average molecular weight is 256 g/mol. The number of rotatable bonds is 1. The molecule has 3 heterocycles. The third-order valence-corrected chi connectivity index (χ3v) is 3.45. The van der Waals surface area contributed by atoms with Gasteiger partial charge in [0.2, 0.25) is 0 Å². The number of benzene rings is 1. The summed E-state index contributed by atoms with van der Waals surface area (Å²) in [6.07, 6.45) is 0.838. The minimum Gasteiger partial charge on any atom is -0.492 e. The highest BCUT2D eigenvalue weighted by atomic mass is 16.5. The fraction of sp³-hybridized carbons (Fsp3) is 0.214. The van der Waals surface area contributed by atoms with Gasteiger partial charge in [-0.15, -0.1) is 0 Å². The molecule has 0 unspecified atom stereocenters. The number of ether oxygens (including phenoxy) is 1. The van der Waals surface area contributed by atoms with Crippen LogP contribution in [0.25, 0.3) is 22.3 Å². The number of nitrogens with zero attached hydrogens (tertiary/aromatic N) is 1. The number of nitrogens with two attached hydrogens (primary N) is 1. The van der Waals surface area contributed by atoms with Gasteiger partial charge in [0.25, 0.3) is 0 Å². The molecule has 5 heteroatoms. The molecule has 0 atom stereocenters. The number of aromatic nitrogens is 1. The van der Waals surface area contributed by atoms with Gasteiger partial charge in [-0.2, -0.15) is 0 Å². The maximum atomic E-state index is 5.83. The van der Waals surface area contributed by atoms with Gasteiger partial charge in [0.1, 0.15) is 22.7 Å². The highest BCUT2D eigenvalue weighted by Crippen LogP contribution is 2.43. The van der Waals surface area contributed by atoms with Crippen molar-refractivity contribution in [2.45, 2.75) is 13.3 Å². The van der Waals surface area contributed by atoms with E-state index in [1.54, 1.807) is 0 Å². The van der Waals surface area contributed by atoms with Crippen LogP contribution in [-0.2, 0) is 6.42 Å². The second-order valence-corrected chi connectivity index (χ2v) is 4.68. The first kappa shape index (κ1) is 10.5. The molecule has 0 amide bonds. The van der Waals surface area contributed by atoms with E-state index in [4.69, 9.17) is 19.4 Å². The van der Waals surface area contributed by atoms with Crippen molar-refractivity contribution in [3.8, 4) is 17.1 Å². The van der Waals surface area contributed by atoms with Crippen molar-refractivity contribution in [1.29, 1.82) is 0 Å². The lowest BCUT2D eigenvalue weighted by molar-refractivity contribution is 0.360. The summed E-state index contributed by atoms with van der Waals surface area (Å²) in [4.78, 5) is 0. The van der Waals surface area contributed by atoms with Crippen molar-refractivity contribution < 1.29 is 13.7 Å². The zero-order valence-corrected chi connectivity index (χ0v) is 10.4. The highest BCUT2D eigenvalue weighted by molar-refractivity contribution is 5.98. The van der Waals surface area contributed by atoms with Gasteiger partial charge in [-0.1, -0.05) is 5.16 Å². The normalized spacial score (nSPS) is 13.7. The molecule has 1 aliphatic rings. The number of nitrogen functional groups attached to an aromatic ring is 1. The van der Waals surface area contributed by atoms with Crippen LogP contribution in [0.4, 0.5) is 5.82 Å². The molecule has 5 nitrogen and oxygen atoms in total. The van der Waals surface area contributed by atoms with Crippen molar-refractivity contribution in [2.24, 2.45) is 0 Å². The standard InChI is InChI=1S/C14H12N2O3/c1-7-2-3-10(18-7)9-6-11-12(14(15)16-19-11)13-8(9)4-5-17-13/h2-3,6H,4-5H2,1H3,(H2,15,16). The molecule has 0 aliphatic carbocycles. The molecule has 0 bridgehead atoms. The molecule has 0 spiro atoms. The van der Waals surface area contributed by atoms with Crippen molar-refractivity contribution in [3.63, 3.8) is 0 Å². The Kier molecular flexibility index (Phi) is 1.95. The molecule has 1 aromatic carbocycles. The Morgan fingerprint density at radius 3 is 3.00 bits per heavy atom. The van der Waals surface area contributed by atoms with Crippen LogP contribution < -0.4 is 10.5 Å². The number of fused-ring (bicyclic) bond motifs is 3. The third kappa shape index (κ3) is 1.38. The Labute approximate surface area is 108 Å². The summed E-state index contributed by atoms with van der Waals surface area (Å²) < 4.78 is 16.6. The van der Waals surface area contributed by atoms with Crippen LogP contribution in [0.5, 0.6) is 5.75 Å². The van der Waals surface area contributed by atoms with Crippen molar-refractivity contribution in [2.75, 3.05) is 12.3 Å². The summed E-state index contributed by atoms with van der Waals surface area (Å²) in [7, 11) is 0. The second-order valence-electron chi connectivity index (χ2n) is 4.68. The van der Waals surface area contributed by atoms with Crippen LogP contribution in [-0.4, -0.2) is 11.8 Å². The third-order valence-electron chi connectivity index (χ3n) is 3.45. The first-order valence-electron chi connectivity index (χ1n) is 6.14. The van der Waals surface area contributed by atoms with Crippen LogP contribution in [0.1, 0.15) is 11.3 Å². The molecular weight excluding hydrogens is 244 g/mol. The second kappa shape index (κ2) is 3.54. The van der Waals surface area contributed by atoms with E-state index in [0.717, 1.165) is 40.2 Å². The monoisotopic (exact) mass is 256 g/mol. The molecule has 96 valence electrons. The SMILES string of the molecule is Cc1ccc(-c2cc3onc(N)c3c3c2CCO3)o1. The molecule has 0 fully saturated rings. The van der Waals surface area contributed by atoms with E-state index in [9.17, 15) is 0 Å². The fourth-order valence-corrected chi connectivity index (χ4v) is 2.60. The van der Waals surface area contributed by atoms with Crippen molar-refractivity contribution >= 4 is 16.8 Å². The largest absolute Gasteiger partial charge is 0.492 e. The minimum atomic E-state index is 0.371. The molecule has 3 aromatic rings. The zero-order chi connectivity index (χ0) is 13.0. The smallest absolute Gasteiger partial charge is 0.178 e. The maximum Gasteiger partial charge on any atom is 0.178 e. The molecule has 1 aliphatic heterocycles. The fourth-order valence-electron chi connectivity index (χ4n) is 2.60. The van der Waals surface area contributed by atoms with E-state index >= 15 is 0 Å². The van der Waals surface area contributed by atoms with Crippen LogP contribution in [0.3, 0.4) is 0 Å². The van der Waals surface area contributed by atoms with Gasteiger partial charge in [0.15, 0.2) is 11.4 Å². The summed E-state index contributed by atoms with van der Waals surface area (Å²) in [5, 5.41) is 4.57. The van der Waals surface area contributed by atoms with Gasteiger partial charge < -0.3 is 19.4 Å². The summed E-state index contributed by atoms with van der Waals surface area (Å²) in [5.74, 6) is 2.84. The summed E-state index contributed by atoms with van der Waals surface area (Å²) >= 11 is 0. The number of aryl methyl sites for hydroxylation is 1. The Balaban J connectivity index is 2.07. The molecule has 19 heavy (non-hydrogen) atoms. The number of hydrogen-bond donors (Lipinski definition) is 1. The first-order chi connectivity index (χ1) is 9.24. The summed E-state index contributed by atoms with van der Waals surface area (Å²) in [5.41, 5.74) is 8.56. The van der Waals surface area contributed by atoms with Crippen LogP contribution in [0, 0.1) is 6.92 Å². The average Bonchev–Trinajstić information content (AvgIpc) is 3.08. The van der Waals surface area contributed by atoms with Crippen LogP contribution >= 0.6 is 0 Å². The lowest BCUT2D eigenvalue weighted by Crippen LogP contribution is -1.89. The molecule has 2 N–H and O–H groups in total. The van der Waals surface area contributed by atoms with Gasteiger partial charge in [0, 0.05) is 17.5 Å². The quantitative estimate of drug-likeness (QED) is 0.724. The van der Waals surface area contributed by atoms with Gasteiger partial charge in [-0.25, -0.2) is 0 Å². The summed E-state index contributed by atoms with van der Waals surface area (Å²) in [6.45, 7) is 2.57. The molecule has 2 aromatic heterocycles. The minimum absolute atomic E-state index is 0.371. The van der Waals surface area contributed by atoms with Gasteiger partial charge in [-0.05, 0) is 25.1 Å². The van der Waals surface area contributed by atoms with Gasteiger partial charge >= 0.3 is 0 Å². The van der Waals surface area contributed by atoms with E-state index in [2.05, 4.69) is 5.16 Å². The van der Waals surface area contributed by atoms with Gasteiger partial charge in [0.05, 0.1) is 6.61 Å². The predicted octanol–water partition coefficient (Wildman–Crippen LogP) is 2.91. The van der Waals surface area contributed by atoms with Crippen LogP contribution in [0.2, 0.25) is 0 Å². The lowest BCUT2D eigenvalue weighted by atomic mass is 10.0.